The number of halogens is 4. The van der Waals surface area contributed by atoms with Crippen LogP contribution in [-0.4, -0.2) is 12.2 Å². The molecule has 0 aliphatic rings. The zero-order valence-electron chi connectivity index (χ0n) is 8.81. The lowest BCUT2D eigenvalue weighted by Crippen LogP contribution is -2.30. The van der Waals surface area contributed by atoms with Gasteiger partial charge in [0.1, 0.15) is 5.82 Å². The normalized spacial score (nSPS) is 13.8. The van der Waals surface area contributed by atoms with Gasteiger partial charge < -0.3 is 5.32 Å². The molecule has 1 N–H and O–H groups in total. The SMILES string of the molecule is CC(CC(F)(F)F)NCc1ccccc1F. The van der Waals surface area contributed by atoms with Gasteiger partial charge >= 0.3 is 6.18 Å². The van der Waals surface area contributed by atoms with Crippen molar-refractivity contribution in [2.75, 3.05) is 0 Å². The van der Waals surface area contributed by atoms with Crippen molar-refractivity contribution in [1.82, 2.24) is 5.32 Å². The molecule has 1 unspecified atom stereocenters. The minimum atomic E-state index is -4.19. The summed E-state index contributed by atoms with van der Waals surface area (Å²) in [4.78, 5) is 0. The Morgan fingerprint density at radius 2 is 1.88 bits per heavy atom. The quantitative estimate of drug-likeness (QED) is 0.790. The molecule has 0 heterocycles. The largest absolute Gasteiger partial charge is 0.390 e. The predicted molar refractivity (Wildman–Crippen MR) is 53.4 cm³/mol. The van der Waals surface area contributed by atoms with Crippen molar-refractivity contribution in [3.8, 4) is 0 Å². The molecule has 1 rings (SSSR count). The van der Waals surface area contributed by atoms with Crippen molar-refractivity contribution in [2.45, 2.75) is 32.1 Å². The van der Waals surface area contributed by atoms with Crippen molar-refractivity contribution in [3.05, 3.63) is 35.6 Å². The third-order valence-electron chi connectivity index (χ3n) is 2.14. The first-order valence-corrected chi connectivity index (χ1v) is 4.92. The van der Waals surface area contributed by atoms with Gasteiger partial charge in [-0.3, -0.25) is 0 Å². The van der Waals surface area contributed by atoms with Crippen molar-refractivity contribution in [1.29, 1.82) is 0 Å². The molecule has 0 saturated carbocycles. The van der Waals surface area contributed by atoms with Crippen LogP contribution in [0.4, 0.5) is 17.6 Å². The van der Waals surface area contributed by atoms with E-state index in [4.69, 9.17) is 0 Å². The van der Waals surface area contributed by atoms with E-state index in [1.165, 1.54) is 19.1 Å². The topological polar surface area (TPSA) is 12.0 Å². The number of nitrogens with one attached hydrogen (secondary N) is 1. The van der Waals surface area contributed by atoms with E-state index in [-0.39, 0.29) is 6.54 Å². The molecule has 0 fully saturated rings. The first-order valence-electron chi connectivity index (χ1n) is 4.92. The van der Waals surface area contributed by atoms with Gasteiger partial charge in [-0.1, -0.05) is 18.2 Å². The lowest BCUT2D eigenvalue weighted by Gasteiger charge is -2.15. The van der Waals surface area contributed by atoms with Gasteiger partial charge in [-0.05, 0) is 13.0 Å². The maximum absolute atomic E-state index is 13.1. The minimum absolute atomic E-state index is 0.101. The molecule has 1 nitrogen and oxygen atoms in total. The van der Waals surface area contributed by atoms with E-state index in [1.807, 2.05) is 0 Å². The van der Waals surface area contributed by atoms with E-state index in [0.29, 0.717) is 5.56 Å². The molecule has 0 bridgehead atoms. The molecule has 0 saturated heterocycles. The summed E-state index contributed by atoms with van der Waals surface area (Å²) in [7, 11) is 0. The molecular weight excluding hydrogens is 222 g/mol. The van der Waals surface area contributed by atoms with Gasteiger partial charge in [0, 0.05) is 18.2 Å². The van der Waals surface area contributed by atoms with Crippen LogP contribution >= 0.6 is 0 Å². The Hall–Kier alpha value is -1.10. The van der Waals surface area contributed by atoms with Crippen LogP contribution in [0.3, 0.4) is 0 Å². The average Bonchev–Trinajstić information content (AvgIpc) is 2.14. The number of benzene rings is 1. The fourth-order valence-corrected chi connectivity index (χ4v) is 1.35. The molecular formula is C11H13F4N. The second-order valence-electron chi connectivity index (χ2n) is 3.69. The summed E-state index contributed by atoms with van der Waals surface area (Å²) in [6.45, 7) is 1.53. The van der Waals surface area contributed by atoms with Gasteiger partial charge in [0.15, 0.2) is 0 Å². The molecule has 1 aromatic rings. The maximum Gasteiger partial charge on any atom is 0.390 e. The van der Waals surface area contributed by atoms with Crippen LogP contribution in [0, 0.1) is 5.82 Å². The lowest BCUT2D eigenvalue weighted by atomic mass is 10.2. The Balaban J connectivity index is 2.43. The summed E-state index contributed by atoms with van der Waals surface area (Å²) in [5.41, 5.74) is 0.372. The molecule has 0 radical (unpaired) electrons. The summed E-state index contributed by atoms with van der Waals surface area (Å²) in [6.07, 6.45) is -5.11. The Labute approximate surface area is 91.5 Å². The maximum atomic E-state index is 13.1. The predicted octanol–water partition coefficient (Wildman–Crippen LogP) is 3.26. The van der Waals surface area contributed by atoms with Crippen LogP contribution in [-0.2, 0) is 6.54 Å². The van der Waals surface area contributed by atoms with Gasteiger partial charge in [-0.15, -0.1) is 0 Å². The van der Waals surface area contributed by atoms with Crippen LogP contribution in [0.25, 0.3) is 0 Å². The molecule has 0 aliphatic carbocycles. The second-order valence-corrected chi connectivity index (χ2v) is 3.69. The van der Waals surface area contributed by atoms with Crippen LogP contribution in [0.5, 0.6) is 0 Å². The van der Waals surface area contributed by atoms with Crippen LogP contribution in [0.2, 0.25) is 0 Å². The van der Waals surface area contributed by atoms with E-state index in [0.717, 1.165) is 0 Å². The highest BCUT2D eigenvalue weighted by molar-refractivity contribution is 5.16. The standard InChI is InChI=1S/C11H13F4N/c1-8(6-11(13,14)15)16-7-9-4-2-3-5-10(9)12/h2-5,8,16H,6-7H2,1H3. The van der Waals surface area contributed by atoms with Gasteiger partial charge in [-0.25, -0.2) is 4.39 Å². The van der Waals surface area contributed by atoms with Crippen molar-refractivity contribution >= 4 is 0 Å². The third kappa shape index (κ3) is 4.61. The molecule has 1 aromatic carbocycles. The number of alkyl halides is 3. The second kappa shape index (κ2) is 5.30. The molecule has 0 amide bonds. The highest BCUT2D eigenvalue weighted by atomic mass is 19.4. The Kier molecular flexibility index (Phi) is 4.29. The summed E-state index contributed by atoms with van der Waals surface area (Å²) >= 11 is 0. The first kappa shape index (κ1) is 13.0. The van der Waals surface area contributed by atoms with Crippen LogP contribution in [0.1, 0.15) is 18.9 Å². The summed E-state index contributed by atoms with van der Waals surface area (Å²) in [5.74, 6) is -0.408. The highest BCUT2D eigenvalue weighted by Crippen LogP contribution is 2.21. The van der Waals surface area contributed by atoms with E-state index >= 15 is 0 Å². The van der Waals surface area contributed by atoms with Crippen molar-refractivity contribution < 1.29 is 17.6 Å². The summed E-state index contributed by atoms with van der Waals surface area (Å²) < 4.78 is 49.1. The zero-order valence-corrected chi connectivity index (χ0v) is 8.81. The Morgan fingerprint density at radius 1 is 1.25 bits per heavy atom. The third-order valence-corrected chi connectivity index (χ3v) is 2.14. The van der Waals surface area contributed by atoms with E-state index in [2.05, 4.69) is 5.32 Å². The summed E-state index contributed by atoms with van der Waals surface area (Å²) in [5, 5.41) is 2.64. The fraction of sp³-hybridized carbons (Fsp3) is 0.455. The van der Waals surface area contributed by atoms with E-state index < -0.39 is 24.5 Å². The van der Waals surface area contributed by atoms with Gasteiger partial charge in [0.25, 0.3) is 0 Å². The number of hydrogen-bond donors (Lipinski definition) is 1. The zero-order chi connectivity index (χ0) is 12.2. The number of rotatable bonds is 4. The highest BCUT2D eigenvalue weighted by Gasteiger charge is 2.29. The van der Waals surface area contributed by atoms with E-state index in [9.17, 15) is 17.6 Å². The fourth-order valence-electron chi connectivity index (χ4n) is 1.35. The van der Waals surface area contributed by atoms with E-state index in [1.54, 1.807) is 12.1 Å². The molecule has 0 aromatic heterocycles. The molecule has 90 valence electrons. The molecule has 1 atom stereocenters. The molecule has 0 spiro atoms. The lowest BCUT2D eigenvalue weighted by molar-refractivity contribution is -0.139. The Morgan fingerprint density at radius 3 is 2.44 bits per heavy atom. The number of hydrogen-bond acceptors (Lipinski definition) is 1. The van der Waals surface area contributed by atoms with Gasteiger partial charge in [0.05, 0.1) is 6.42 Å². The van der Waals surface area contributed by atoms with Gasteiger partial charge in [0.2, 0.25) is 0 Å². The van der Waals surface area contributed by atoms with Gasteiger partial charge in [-0.2, -0.15) is 13.2 Å². The van der Waals surface area contributed by atoms with Crippen molar-refractivity contribution in [3.63, 3.8) is 0 Å². The minimum Gasteiger partial charge on any atom is -0.310 e. The molecule has 16 heavy (non-hydrogen) atoms. The smallest absolute Gasteiger partial charge is 0.310 e. The first-order chi connectivity index (χ1) is 7.38. The van der Waals surface area contributed by atoms with Crippen LogP contribution < -0.4 is 5.32 Å². The Bertz CT molecular complexity index is 335. The monoisotopic (exact) mass is 235 g/mol. The molecule has 5 heteroatoms. The van der Waals surface area contributed by atoms with Crippen LogP contribution in [0.15, 0.2) is 24.3 Å². The average molecular weight is 235 g/mol. The molecule has 0 aliphatic heterocycles. The van der Waals surface area contributed by atoms with Crippen molar-refractivity contribution in [2.24, 2.45) is 0 Å². The summed E-state index contributed by atoms with van der Waals surface area (Å²) in [6, 6.07) is 5.29.